The van der Waals surface area contributed by atoms with Crippen molar-refractivity contribution in [2.45, 2.75) is 25.4 Å². The average molecular weight is 494 g/mol. The van der Waals surface area contributed by atoms with Gasteiger partial charge in [0.15, 0.2) is 0 Å². The van der Waals surface area contributed by atoms with Crippen LogP contribution in [-0.4, -0.2) is 58.1 Å². The van der Waals surface area contributed by atoms with Crippen molar-refractivity contribution in [3.63, 3.8) is 0 Å². The number of hydrogen-bond acceptors (Lipinski definition) is 5. The van der Waals surface area contributed by atoms with Crippen molar-refractivity contribution < 1.29 is 19.1 Å². The number of aromatic nitrogens is 2. The third-order valence-corrected chi connectivity index (χ3v) is 6.76. The Morgan fingerprint density at radius 2 is 1.97 bits per heavy atom. The van der Waals surface area contributed by atoms with Crippen molar-refractivity contribution in [2.24, 2.45) is 7.05 Å². The van der Waals surface area contributed by atoms with Crippen molar-refractivity contribution in [3.05, 3.63) is 64.4 Å². The van der Waals surface area contributed by atoms with Gasteiger partial charge in [0.05, 0.1) is 18.4 Å². The zero-order valence-electron chi connectivity index (χ0n) is 19.5. The van der Waals surface area contributed by atoms with E-state index in [1.807, 2.05) is 13.0 Å². The van der Waals surface area contributed by atoms with Crippen molar-refractivity contribution in [3.8, 4) is 16.9 Å². The van der Waals surface area contributed by atoms with E-state index < -0.39 is 6.04 Å². The molecular formula is C25H24ClN5O4. The second kappa shape index (κ2) is 8.74. The van der Waals surface area contributed by atoms with Gasteiger partial charge >= 0.3 is 0 Å². The molecule has 0 unspecified atom stereocenters. The first-order valence-corrected chi connectivity index (χ1v) is 11.5. The van der Waals surface area contributed by atoms with Crippen LogP contribution in [0.2, 0.25) is 5.02 Å². The summed E-state index contributed by atoms with van der Waals surface area (Å²) in [5.74, 6) is -0.279. The van der Waals surface area contributed by atoms with E-state index in [9.17, 15) is 14.4 Å². The monoisotopic (exact) mass is 493 g/mol. The van der Waals surface area contributed by atoms with E-state index in [-0.39, 0.29) is 30.3 Å². The summed E-state index contributed by atoms with van der Waals surface area (Å²) in [6.45, 7) is 2.08. The number of aryl methyl sites for hydroxylation is 2. The molecule has 35 heavy (non-hydrogen) atoms. The highest BCUT2D eigenvalue weighted by molar-refractivity contribution is 6.31. The largest absolute Gasteiger partial charge is 0.496 e. The van der Waals surface area contributed by atoms with Gasteiger partial charge in [-0.3, -0.25) is 19.1 Å². The number of hydrogen-bond donors (Lipinski definition) is 2. The van der Waals surface area contributed by atoms with Gasteiger partial charge in [0.1, 0.15) is 17.5 Å². The van der Waals surface area contributed by atoms with Gasteiger partial charge in [-0.1, -0.05) is 17.7 Å². The van der Waals surface area contributed by atoms with Crippen LogP contribution in [-0.2, 0) is 11.8 Å². The van der Waals surface area contributed by atoms with E-state index in [0.29, 0.717) is 34.1 Å². The van der Waals surface area contributed by atoms with E-state index in [1.54, 1.807) is 55.2 Å². The summed E-state index contributed by atoms with van der Waals surface area (Å²) in [5.41, 5.74) is 3.44. The predicted octanol–water partition coefficient (Wildman–Crippen LogP) is 3.02. The van der Waals surface area contributed by atoms with Crippen molar-refractivity contribution >= 4 is 35.0 Å². The minimum absolute atomic E-state index is 0.221. The van der Waals surface area contributed by atoms with Crippen LogP contribution in [0.25, 0.3) is 11.1 Å². The topological polar surface area (TPSA) is 106 Å². The highest BCUT2D eigenvalue weighted by Gasteiger charge is 2.43. The van der Waals surface area contributed by atoms with Crippen LogP contribution in [0, 0.1) is 6.92 Å². The van der Waals surface area contributed by atoms with Gasteiger partial charge in [-0.05, 0) is 55.3 Å². The Bertz CT molecular complexity index is 1350. The number of fused-ring (bicyclic) bond motifs is 2. The fourth-order valence-corrected chi connectivity index (χ4v) is 4.79. The Kier molecular flexibility index (Phi) is 5.72. The molecular weight excluding hydrogens is 470 g/mol. The van der Waals surface area contributed by atoms with Gasteiger partial charge in [-0.15, -0.1) is 0 Å². The molecule has 2 aromatic carbocycles. The fraction of sp³-hybridized carbons (Fsp3) is 0.280. The highest BCUT2D eigenvalue weighted by Crippen LogP contribution is 2.36. The molecule has 180 valence electrons. The number of carbonyl (C=O) groups excluding carboxylic acids is 3. The summed E-state index contributed by atoms with van der Waals surface area (Å²) in [6.07, 6.45) is 0.318. The number of nitrogens with zero attached hydrogens (tertiary/aromatic N) is 3. The molecule has 1 fully saturated rings. The van der Waals surface area contributed by atoms with Gasteiger partial charge in [-0.2, -0.15) is 5.10 Å². The summed E-state index contributed by atoms with van der Waals surface area (Å²) in [5, 5.41) is 10.5. The van der Waals surface area contributed by atoms with E-state index >= 15 is 0 Å². The molecule has 10 heteroatoms. The lowest BCUT2D eigenvalue weighted by molar-refractivity contribution is -0.119. The summed E-state index contributed by atoms with van der Waals surface area (Å²) in [7, 11) is 3.33. The Morgan fingerprint density at radius 3 is 2.69 bits per heavy atom. The molecule has 1 aromatic heterocycles. The molecule has 0 bridgehead atoms. The van der Waals surface area contributed by atoms with Gasteiger partial charge < -0.3 is 20.3 Å². The number of nitrogens with one attached hydrogen (secondary N) is 2. The second-order valence-electron chi connectivity index (χ2n) is 8.77. The van der Waals surface area contributed by atoms with Crippen LogP contribution in [0.15, 0.2) is 42.5 Å². The maximum Gasteiger partial charge on any atom is 0.272 e. The van der Waals surface area contributed by atoms with Crippen LogP contribution < -0.4 is 15.4 Å². The summed E-state index contributed by atoms with van der Waals surface area (Å²) < 4.78 is 7.08. The maximum atomic E-state index is 13.6. The van der Waals surface area contributed by atoms with Crippen LogP contribution >= 0.6 is 11.6 Å². The Hall–Kier alpha value is -3.85. The number of anilines is 1. The van der Waals surface area contributed by atoms with Crippen molar-refractivity contribution in [2.75, 3.05) is 19.0 Å². The van der Waals surface area contributed by atoms with E-state index in [0.717, 1.165) is 16.8 Å². The smallest absolute Gasteiger partial charge is 0.272 e. The molecule has 0 saturated carbocycles. The van der Waals surface area contributed by atoms with Gasteiger partial charge in [0.2, 0.25) is 5.91 Å². The van der Waals surface area contributed by atoms with Gasteiger partial charge in [-0.25, -0.2) is 0 Å². The molecule has 5 rings (SSSR count). The first-order valence-electron chi connectivity index (χ1n) is 11.2. The zero-order valence-corrected chi connectivity index (χ0v) is 20.2. The fourth-order valence-electron chi connectivity index (χ4n) is 4.62. The lowest BCUT2D eigenvalue weighted by atomic mass is 10.00. The number of benzene rings is 2. The normalized spacial score (nSPS) is 19.0. The van der Waals surface area contributed by atoms with Crippen LogP contribution in [0.5, 0.6) is 5.75 Å². The highest BCUT2D eigenvalue weighted by atomic mass is 35.5. The minimum atomic E-state index is -0.685. The number of methoxy groups -OCH3 is 1. The number of halogens is 1. The number of ether oxygens (including phenoxy) is 1. The molecule has 2 aliphatic heterocycles. The average Bonchev–Trinajstić information content (AvgIpc) is 3.39. The molecule has 2 atom stereocenters. The Balaban J connectivity index is 1.42. The first-order chi connectivity index (χ1) is 16.7. The van der Waals surface area contributed by atoms with Gasteiger partial charge in [0.25, 0.3) is 11.8 Å². The van der Waals surface area contributed by atoms with Crippen molar-refractivity contribution in [1.29, 1.82) is 0 Å². The Morgan fingerprint density at radius 1 is 1.17 bits per heavy atom. The van der Waals surface area contributed by atoms with E-state index in [4.69, 9.17) is 16.3 Å². The molecule has 9 nitrogen and oxygen atoms in total. The maximum absolute atomic E-state index is 13.6. The van der Waals surface area contributed by atoms with Crippen molar-refractivity contribution in [1.82, 2.24) is 20.0 Å². The summed E-state index contributed by atoms with van der Waals surface area (Å²) in [6, 6.07) is 11.2. The molecule has 3 aromatic rings. The molecule has 1 saturated heterocycles. The quantitative estimate of drug-likeness (QED) is 0.581. The number of amides is 3. The zero-order chi connectivity index (χ0) is 24.9. The van der Waals surface area contributed by atoms with Crippen LogP contribution in [0.1, 0.15) is 33.0 Å². The molecule has 0 aliphatic carbocycles. The van der Waals surface area contributed by atoms with Crippen LogP contribution in [0.4, 0.5) is 5.69 Å². The molecule has 0 spiro atoms. The van der Waals surface area contributed by atoms with E-state index in [1.165, 1.54) is 4.90 Å². The predicted molar refractivity (Wildman–Crippen MR) is 131 cm³/mol. The standard InChI is InChI=1S/C25H24ClN5O4/c1-13-8-20(29-30(13)2)23(32)27-16-11-21-24(33)28-19-6-4-14(9-18(19)25(34)31(21)12-16)17-10-15(26)5-7-22(17)35-3/h4-10,16,21H,11-12H2,1-3H3,(H,27,32)(H,28,33)/t16-,21-/m0/s1. The molecule has 3 amide bonds. The molecule has 3 heterocycles. The molecule has 2 aliphatic rings. The number of carbonyl (C=O) groups is 3. The molecule has 2 N–H and O–H groups in total. The number of rotatable bonds is 4. The lowest BCUT2D eigenvalue weighted by Gasteiger charge is -2.20. The minimum Gasteiger partial charge on any atom is -0.496 e. The third-order valence-electron chi connectivity index (χ3n) is 6.53. The Labute approximate surface area is 207 Å². The lowest BCUT2D eigenvalue weighted by Crippen LogP contribution is -2.41. The second-order valence-corrected chi connectivity index (χ2v) is 9.20. The SMILES string of the molecule is COc1ccc(Cl)cc1-c1ccc2c(c1)C(=O)N1C[C@@H](NC(=O)c3cc(C)n(C)n3)C[C@H]1C(=O)N2. The third kappa shape index (κ3) is 4.12. The van der Waals surface area contributed by atoms with E-state index in [2.05, 4.69) is 15.7 Å². The molecule has 0 radical (unpaired) electrons. The first kappa shape index (κ1) is 22.9. The summed E-state index contributed by atoms with van der Waals surface area (Å²) >= 11 is 6.20. The van der Waals surface area contributed by atoms with Gasteiger partial charge in [0, 0.05) is 35.9 Å². The van der Waals surface area contributed by atoms with Crippen LogP contribution in [0.3, 0.4) is 0 Å². The summed E-state index contributed by atoms with van der Waals surface area (Å²) in [4.78, 5) is 40.7.